The van der Waals surface area contributed by atoms with E-state index < -0.39 is 17.6 Å². The van der Waals surface area contributed by atoms with Gasteiger partial charge in [0.05, 0.1) is 10.2 Å². The van der Waals surface area contributed by atoms with Gasteiger partial charge in [0.15, 0.2) is 0 Å². The molecule has 0 fully saturated rings. The molecule has 0 aromatic carbocycles. The van der Waals surface area contributed by atoms with Crippen molar-refractivity contribution in [1.82, 2.24) is 14.9 Å². The van der Waals surface area contributed by atoms with Crippen molar-refractivity contribution < 1.29 is 14.3 Å². The number of hydrogen-bond donors (Lipinski definition) is 1. The number of pyridine rings is 1. The molecule has 0 radical (unpaired) electrons. The molecule has 0 spiro atoms. The van der Waals surface area contributed by atoms with Gasteiger partial charge in [-0.2, -0.15) is 0 Å². The minimum absolute atomic E-state index is 0.368. The highest BCUT2D eigenvalue weighted by molar-refractivity contribution is 7.17. The van der Waals surface area contributed by atoms with Gasteiger partial charge in [-0.1, -0.05) is 0 Å². The number of amides is 1. The quantitative estimate of drug-likeness (QED) is 0.713. The molecular weight excluding hydrogens is 350 g/mol. The number of esters is 1. The van der Waals surface area contributed by atoms with Crippen molar-refractivity contribution in [2.24, 2.45) is 7.05 Å². The van der Waals surface area contributed by atoms with Crippen LogP contribution in [0, 0.1) is 0 Å². The standard InChI is InChI=1S/C19H21N3O3S/c1-19(2,3)21-17(23)16(12-5-8-20-9-6-12)25-18(24)14-11-15-13(22(14)4)7-10-26-15/h5-11,16H,1-4H3,(H,21,23). The number of carbonyl (C=O) groups excluding carboxylic acids is 2. The van der Waals surface area contributed by atoms with Crippen molar-refractivity contribution >= 4 is 33.4 Å². The molecule has 6 nitrogen and oxygen atoms in total. The molecule has 3 rings (SSSR count). The SMILES string of the molecule is Cn1c(C(=O)OC(C(=O)NC(C)(C)C)c2ccncc2)cc2sccc21. The number of thiophene rings is 1. The third kappa shape index (κ3) is 3.77. The highest BCUT2D eigenvalue weighted by atomic mass is 32.1. The predicted molar refractivity (Wildman–Crippen MR) is 101 cm³/mol. The molecule has 7 heteroatoms. The van der Waals surface area contributed by atoms with Crippen LogP contribution < -0.4 is 5.32 Å². The Balaban J connectivity index is 1.89. The average Bonchev–Trinajstić information content (AvgIpc) is 3.15. The average molecular weight is 371 g/mol. The Kier molecular flexibility index (Phi) is 4.82. The number of hydrogen-bond acceptors (Lipinski definition) is 5. The molecular formula is C19H21N3O3S. The van der Waals surface area contributed by atoms with Crippen LogP contribution >= 0.6 is 11.3 Å². The van der Waals surface area contributed by atoms with Crippen molar-refractivity contribution in [2.45, 2.75) is 32.4 Å². The Morgan fingerprint density at radius 2 is 1.92 bits per heavy atom. The summed E-state index contributed by atoms with van der Waals surface area (Å²) in [5.41, 5.74) is 1.50. The van der Waals surface area contributed by atoms with Gasteiger partial charge in [0, 0.05) is 30.5 Å². The molecule has 3 aromatic rings. The molecule has 136 valence electrons. The molecule has 0 aliphatic heterocycles. The highest BCUT2D eigenvalue weighted by Crippen LogP contribution is 2.26. The largest absolute Gasteiger partial charge is 0.443 e. The minimum atomic E-state index is -1.04. The van der Waals surface area contributed by atoms with Crippen LogP contribution in [0.3, 0.4) is 0 Å². The molecule has 0 saturated carbocycles. The third-order valence-corrected chi connectivity index (χ3v) is 4.70. The number of carbonyl (C=O) groups is 2. The maximum Gasteiger partial charge on any atom is 0.356 e. The Morgan fingerprint density at radius 1 is 1.23 bits per heavy atom. The second-order valence-corrected chi connectivity index (χ2v) is 8.01. The van der Waals surface area contributed by atoms with E-state index in [1.54, 1.807) is 46.5 Å². The van der Waals surface area contributed by atoms with Crippen LogP contribution in [-0.4, -0.2) is 27.0 Å². The van der Waals surface area contributed by atoms with Crippen LogP contribution in [0.5, 0.6) is 0 Å². The Hall–Kier alpha value is -2.67. The van der Waals surface area contributed by atoms with E-state index >= 15 is 0 Å². The van der Waals surface area contributed by atoms with Gasteiger partial charge in [-0.05, 0) is 50.4 Å². The van der Waals surface area contributed by atoms with Crippen LogP contribution in [0.25, 0.3) is 10.2 Å². The number of aromatic nitrogens is 2. The van der Waals surface area contributed by atoms with Crippen molar-refractivity contribution in [3.8, 4) is 0 Å². The van der Waals surface area contributed by atoms with Gasteiger partial charge in [-0.3, -0.25) is 9.78 Å². The van der Waals surface area contributed by atoms with Crippen LogP contribution in [0.1, 0.15) is 42.9 Å². The number of aryl methyl sites for hydroxylation is 1. The zero-order valence-electron chi connectivity index (χ0n) is 15.1. The lowest BCUT2D eigenvalue weighted by Gasteiger charge is -2.25. The number of fused-ring (bicyclic) bond motifs is 1. The number of rotatable bonds is 4. The molecule has 1 unspecified atom stereocenters. The highest BCUT2D eigenvalue weighted by Gasteiger charge is 2.29. The zero-order chi connectivity index (χ0) is 18.9. The monoisotopic (exact) mass is 371 g/mol. The summed E-state index contributed by atoms with van der Waals surface area (Å²) in [6.45, 7) is 5.63. The lowest BCUT2D eigenvalue weighted by molar-refractivity contribution is -0.131. The van der Waals surface area contributed by atoms with E-state index in [2.05, 4.69) is 10.3 Å². The molecule has 1 amide bonds. The van der Waals surface area contributed by atoms with Crippen LogP contribution in [0.2, 0.25) is 0 Å². The summed E-state index contributed by atoms with van der Waals surface area (Å²) >= 11 is 1.55. The fraction of sp³-hybridized carbons (Fsp3) is 0.316. The first-order valence-electron chi connectivity index (χ1n) is 8.22. The first-order chi connectivity index (χ1) is 12.3. The Morgan fingerprint density at radius 3 is 2.54 bits per heavy atom. The lowest BCUT2D eigenvalue weighted by atomic mass is 10.1. The normalized spacial score (nSPS) is 12.8. The lowest BCUT2D eigenvalue weighted by Crippen LogP contribution is -2.44. The van der Waals surface area contributed by atoms with Gasteiger partial charge in [0.25, 0.3) is 5.91 Å². The van der Waals surface area contributed by atoms with E-state index in [9.17, 15) is 9.59 Å². The summed E-state index contributed by atoms with van der Waals surface area (Å²) in [7, 11) is 1.81. The Labute approximate surface area is 155 Å². The molecule has 0 saturated heterocycles. The van der Waals surface area contributed by atoms with E-state index in [1.165, 1.54) is 0 Å². The summed E-state index contributed by atoms with van der Waals surface area (Å²) in [5, 5.41) is 4.84. The zero-order valence-corrected chi connectivity index (χ0v) is 16.0. The molecule has 0 bridgehead atoms. The number of ether oxygens (including phenoxy) is 1. The second-order valence-electron chi connectivity index (χ2n) is 7.06. The Bertz CT molecular complexity index is 938. The molecule has 1 atom stereocenters. The smallest absolute Gasteiger partial charge is 0.356 e. The fourth-order valence-electron chi connectivity index (χ4n) is 2.66. The summed E-state index contributed by atoms with van der Waals surface area (Å²) in [4.78, 5) is 29.4. The van der Waals surface area contributed by atoms with Gasteiger partial charge in [0.2, 0.25) is 6.10 Å². The number of nitrogens with zero attached hydrogens (tertiary/aromatic N) is 2. The van der Waals surface area contributed by atoms with Gasteiger partial charge in [0.1, 0.15) is 5.69 Å². The molecule has 0 aliphatic carbocycles. The summed E-state index contributed by atoms with van der Waals surface area (Å²) in [6, 6.07) is 7.07. The number of nitrogens with one attached hydrogen (secondary N) is 1. The summed E-state index contributed by atoms with van der Waals surface area (Å²) < 4.78 is 8.39. The van der Waals surface area contributed by atoms with Crippen LogP contribution in [0.4, 0.5) is 0 Å². The fourth-order valence-corrected chi connectivity index (χ4v) is 3.51. The molecule has 3 heterocycles. The van der Waals surface area contributed by atoms with E-state index in [1.807, 2.05) is 39.3 Å². The van der Waals surface area contributed by atoms with Crippen molar-refractivity contribution in [3.05, 3.63) is 53.3 Å². The van der Waals surface area contributed by atoms with E-state index in [-0.39, 0.29) is 5.91 Å². The van der Waals surface area contributed by atoms with E-state index in [0.717, 1.165) is 10.2 Å². The van der Waals surface area contributed by atoms with Gasteiger partial charge in [-0.15, -0.1) is 11.3 Å². The minimum Gasteiger partial charge on any atom is -0.443 e. The molecule has 1 N–H and O–H groups in total. The van der Waals surface area contributed by atoms with Crippen molar-refractivity contribution in [1.29, 1.82) is 0 Å². The first-order valence-corrected chi connectivity index (χ1v) is 9.10. The van der Waals surface area contributed by atoms with Crippen molar-refractivity contribution in [3.63, 3.8) is 0 Å². The van der Waals surface area contributed by atoms with Crippen LogP contribution in [-0.2, 0) is 16.6 Å². The summed E-state index contributed by atoms with van der Waals surface area (Å²) in [5.74, 6) is -0.908. The topological polar surface area (TPSA) is 73.2 Å². The maximum absolute atomic E-state index is 12.8. The van der Waals surface area contributed by atoms with E-state index in [0.29, 0.717) is 11.3 Å². The third-order valence-electron chi connectivity index (χ3n) is 3.84. The van der Waals surface area contributed by atoms with Crippen LogP contribution in [0.15, 0.2) is 42.0 Å². The predicted octanol–water partition coefficient (Wildman–Crippen LogP) is 3.45. The van der Waals surface area contributed by atoms with E-state index in [4.69, 9.17) is 4.74 Å². The molecule has 3 aromatic heterocycles. The first kappa shape index (κ1) is 18.1. The van der Waals surface area contributed by atoms with Gasteiger partial charge < -0.3 is 14.6 Å². The maximum atomic E-state index is 12.8. The summed E-state index contributed by atoms with van der Waals surface area (Å²) in [6.07, 6.45) is 2.09. The molecule has 26 heavy (non-hydrogen) atoms. The molecule has 0 aliphatic rings. The second kappa shape index (κ2) is 6.92. The van der Waals surface area contributed by atoms with Gasteiger partial charge in [-0.25, -0.2) is 4.79 Å². The van der Waals surface area contributed by atoms with Crippen molar-refractivity contribution in [2.75, 3.05) is 0 Å². The van der Waals surface area contributed by atoms with Gasteiger partial charge >= 0.3 is 5.97 Å².